The van der Waals surface area contributed by atoms with Crippen LogP contribution in [0.5, 0.6) is 0 Å². The maximum absolute atomic E-state index is 13.2. The van der Waals surface area contributed by atoms with E-state index < -0.39 is 28.1 Å². The number of aryl methyl sites for hydroxylation is 2. The van der Waals surface area contributed by atoms with Gasteiger partial charge in [0, 0.05) is 0 Å². The maximum atomic E-state index is 13.2. The molecule has 2 aromatic carbocycles. The molecule has 0 aliphatic rings. The topological polar surface area (TPSA) is 98.8 Å². The van der Waals surface area contributed by atoms with Crippen molar-refractivity contribution in [3.63, 3.8) is 0 Å². The zero-order chi connectivity index (χ0) is 21.9. The molecule has 0 heterocycles. The molecular weight excluding hydrogens is 394 g/mol. The Balaban J connectivity index is 2.44. The van der Waals surface area contributed by atoms with Gasteiger partial charge in [-0.2, -0.15) is 0 Å². The van der Waals surface area contributed by atoms with Crippen LogP contribution in [0.25, 0.3) is 0 Å². The van der Waals surface area contributed by atoms with Gasteiger partial charge < -0.3 is 9.47 Å². The van der Waals surface area contributed by atoms with Crippen molar-refractivity contribution < 1.29 is 27.5 Å². The summed E-state index contributed by atoms with van der Waals surface area (Å²) < 4.78 is 38.4. The van der Waals surface area contributed by atoms with Crippen molar-refractivity contribution in [3.8, 4) is 0 Å². The molecular formula is C21H25NO6S. The highest BCUT2D eigenvalue weighted by Crippen LogP contribution is 2.29. The average molecular weight is 419 g/mol. The minimum absolute atomic E-state index is 0.00786. The number of anilines is 1. The number of carbonyl (C=O) groups is 2. The minimum Gasteiger partial charge on any atom is -0.466 e. The quantitative estimate of drug-likeness (QED) is 0.720. The van der Waals surface area contributed by atoms with Crippen molar-refractivity contribution >= 4 is 27.6 Å². The predicted molar refractivity (Wildman–Crippen MR) is 110 cm³/mol. The fourth-order valence-electron chi connectivity index (χ4n) is 2.97. The molecule has 0 fully saturated rings. The molecule has 0 amide bonds. The van der Waals surface area contributed by atoms with Gasteiger partial charge in [0.1, 0.15) is 0 Å². The predicted octanol–water partition coefficient (Wildman–Crippen LogP) is 3.44. The Morgan fingerprint density at radius 2 is 1.55 bits per heavy atom. The Labute approximate surface area is 171 Å². The molecule has 1 atom stereocenters. The molecule has 0 radical (unpaired) electrons. The Morgan fingerprint density at radius 3 is 2.10 bits per heavy atom. The standard InChI is InChI=1S/C21H25NO6S/c1-12-11-13(2)15(4)19(14(12)3)29(25,26)22-18-10-8-7-9-17(18)21(24)28-16(5)20(23)27-6/h7-11,16,22H,1-6H3/t16-/m0/s1. The highest BCUT2D eigenvalue weighted by atomic mass is 32.2. The lowest BCUT2D eigenvalue weighted by Gasteiger charge is -2.18. The van der Waals surface area contributed by atoms with Gasteiger partial charge in [-0.1, -0.05) is 18.2 Å². The number of hydrogen-bond donors (Lipinski definition) is 1. The number of hydrogen-bond acceptors (Lipinski definition) is 6. The Bertz CT molecular complexity index is 1030. The second-order valence-corrected chi connectivity index (χ2v) is 8.43. The van der Waals surface area contributed by atoms with E-state index in [1.807, 2.05) is 19.9 Å². The van der Waals surface area contributed by atoms with Crippen molar-refractivity contribution in [1.29, 1.82) is 0 Å². The first-order valence-electron chi connectivity index (χ1n) is 8.97. The molecule has 0 aliphatic carbocycles. The van der Waals surface area contributed by atoms with Gasteiger partial charge in [0.05, 0.1) is 23.3 Å². The number of esters is 2. The first-order chi connectivity index (χ1) is 13.5. The Morgan fingerprint density at radius 1 is 1.00 bits per heavy atom. The van der Waals surface area contributed by atoms with E-state index in [1.165, 1.54) is 26.2 Å². The van der Waals surface area contributed by atoms with Crippen molar-refractivity contribution in [1.82, 2.24) is 0 Å². The van der Waals surface area contributed by atoms with Crippen molar-refractivity contribution in [2.24, 2.45) is 0 Å². The molecule has 2 rings (SSSR count). The number of para-hydroxylation sites is 1. The molecule has 0 aromatic heterocycles. The van der Waals surface area contributed by atoms with E-state index >= 15 is 0 Å². The van der Waals surface area contributed by atoms with E-state index in [0.29, 0.717) is 11.1 Å². The number of carbonyl (C=O) groups excluding carboxylic acids is 2. The first kappa shape index (κ1) is 22.4. The summed E-state index contributed by atoms with van der Waals surface area (Å²) in [5.74, 6) is -1.55. The zero-order valence-corrected chi connectivity index (χ0v) is 18.1. The lowest BCUT2D eigenvalue weighted by molar-refractivity contribution is -0.149. The lowest BCUT2D eigenvalue weighted by atomic mass is 10.0. The third kappa shape index (κ3) is 4.76. The fraction of sp³-hybridized carbons (Fsp3) is 0.333. The van der Waals surface area contributed by atoms with Crippen molar-refractivity contribution in [2.45, 2.75) is 45.6 Å². The van der Waals surface area contributed by atoms with Crippen LogP contribution in [0.15, 0.2) is 35.2 Å². The number of nitrogens with one attached hydrogen (secondary N) is 1. The van der Waals surface area contributed by atoms with Crippen LogP contribution in [0.2, 0.25) is 0 Å². The summed E-state index contributed by atoms with van der Waals surface area (Å²) in [5.41, 5.74) is 3.04. The molecule has 7 nitrogen and oxygen atoms in total. The fourth-order valence-corrected chi connectivity index (χ4v) is 4.67. The Hall–Kier alpha value is -2.87. The maximum Gasteiger partial charge on any atom is 0.346 e. The summed E-state index contributed by atoms with van der Waals surface area (Å²) in [7, 11) is -2.79. The van der Waals surface area contributed by atoms with Crippen LogP contribution in [-0.4, -0.2) is 33.6 Å². The second kappa shape index (κ2) is 8.65. The van der Waals surface area contributed by atoms with E-state index in [9.17, 15) is 18.0 Å². The second-order valence-electron chi connectivity index (χ2n) is 6.81. The van der Waals surface area contributed by atoms with Crippen LogP contribution >= 0.6 is 0 Å². The normalized spacial score (nSPS) is 12.2. The summed E-state index contributed by atoms with van der Waals surface area (Å²) in [5, 5.41) is 0. The molecule has 1 N–H and O–H groups in total. The molecule has 2 aromatic rings. The van der Waals surface area contributed by atoms with E-state index in [4.69, 9.17) is 4.74 Å². The average Bonchev–Trinajstić information content (AvgIpc) is 2.65. The van der Waals surface area contributed by atoms with Gasteiger partial charge in [-0.3, -0.25) is 4.72 Å². The SMILES string of the molecule is COC(=O)[C@H](C)OC(=O)c1ccccc1NS(=O)(=O)c1c(C)c(C)cc(C)c1C. The van der Waals surface area contributed by atoms with Crippen LogP contribution in [0.4, 0.5) is 5.69 Å². The first-order valence-corrected chi connectivity index (χ1v) is 10.5. The number of methoxy groups -OCH3 is 1. The monoisotopic (exact) mass is 419 g/mol. The summed E-state index contributed by atoms with van der Waals surface area (Å²) in [6.45, 7) is 8.56. The van der Waals surface area contributed by atoms with E-state index in [-0.39, 0.29) is 16.1 Å². The van der Waals surface area contributed by atoms with Crippen LogP contribution in [0, 0.1) is 27.7 Å². The summed E-state index contributed by atoms with van der Waals surface area (Å²) in [6, 6.07) is 7.99. The Kier molecular flexibility index (Phi) is 6.69. The van der Waals surface area contributed by atoms with Crippen LogP contribution in [0.1, 0.15) is 39.5 Å². The number of ether oxygens (including phenoxy) is 2. The van der Waals surface area contributed by atoms with Gasteiger partial charge in [0.2, 0.25) is 0 Å². The molecule has 0 saturated heterocycles. The number of rotatable bonds is 6. The number of sulfonamides is 1. The van der Waals surface area contributed by atoms with Gasteiger partial charge in [-0.05, 0) is 69.0 Å². The third-order valence-corrected chi connectivity index (χ3v) is 6.41. The smallest absolute Gasteiger partial charge is 0.346 e. The zero-order valence-electron chi connectivity index (χ0n) is 17.3. The molecule has 0 saturated carbocycles. The summed E-state index contributed by atoms with van der Waals surface area (Å²) in [6.07, 6.45) is -1.12. The van der Waals surface area contributed by atoms with Gasteiger partial charge in [-0.15, -0.1) is 0 Å². The molecule has 0 unspecified atom stereocenters. The van der Waals surface area contributed by atoms with Crippen LogP contribution in [-0.2, 0) is 24.3 Å². The van der Waals surface area contributed by atoms with Crippen LogP contribution in [0.3, 0.4) is 0 Å². The molecule has 0 aliphatic heterocycles. The molecule has 0 bridgehead atoms. The highest BCUT2D eigenvalue weighted by molar-refractivity contribution is 7.92. The van der Waals surface area contributed by atoms with Crippen molar-refractivity contribution in [2.75, 3.05) is 11.8 Å². The van der Waals surface area contributed by atoms with Gasteiger partial charge in [-0.25, -0.2) is 18.0 Å². The van der Waals surface area contributed by atoms with Gasteiger partial charge in [0.25, 0.3) is 10.0 Å². The van der Waals surface area contributed by atoms with Crippen LogP contribution < -0.4 is 4.72 Å². The minimum atomic E-state index is -3.97. The molecule has 29 heavy (non-hydrogen) atoms. The van der Waals surface area contributed by atoms with Crippen molar-refractivity contribution in [3.05, 3.63) is 58.1 Å². The number of benzene rings is 2. The molecule has 156 valence electrons. The van der Waals surface area contributed by atoms with Gasteiger partial charge in [0.15, 0.2) is 6.10 Å². The van der Waals surface area contributed by atoms with E-state index in [0.717, 1.165) is 11.1 Å². The molecule has 0 spiro atoms. The van der Waals surface area contributed by atoms with E-state index in [1.54, 1.807) is 26.0 Å². The van der Waals surface area contributed by atoms with Gasteiger partial charge >= 0.3 is 11.9 Å². The van der Waals surface area contributed by atoms with E-state index in [2.05, 4.69) is 9.46 Å². The summed E-state index contributed by atoms with van der Waals surface area (Å²) >= 11 is 0. The molecule has 8 heteroatoms. The third-order valence-electron chi connectivity index (χ3n) is 4.77. The highest BCUT2D eigenvalue weighted by Gasteiger charge is 2.26. The summed E-state index contributed by atoms with van der Waals surface area (Å²) in [4.78, 5) is 24.2. The lowest BCUT2D eigenvalue weighted by Crippen LogP contribution is -2.26. The largest absolute Gasteiger partial charge is 0.466 e.